The van der Waals surface area contributed by atoms with Crippen molar-refractivity contribution in [3.8, 4) is 11.5 Å². The average Bonchev–Trinajstić information content (AvgIpc) is 2.93. The van der Waals surface area contributed by atoms with Gasteiger partial charge in [-0.2, -0.15) is 0 Å². The third-order valence-corrected chi connectivity index (χ3v) is 6.81. The molecular weight excluding hydrogens is 490 g/mol. The number of likely N-dealkylation sites (tertiary alicyclic amines) is 1. The van der Waals surface area contributed by atoms with Gasteiger partial charge in [0.2, 0.25) is 17.7 Å². The van der Waals surface area contributed by atoms with Gasteiger partial charge in [-0.05, 0) is 54.7 Å². The minimum absolute atomic E-state index is 0.0929. The summed E-state index contributed by atoms with van der Waals surface area (Å²) >= 11 is 0. The number of carbonyl (C=O) groups is 3. The fraction of sp³-hybridized carbons (Fsp3) is 0.464. The molecule has 2 aromatic carbocycles. The van der Waals surface area contributed by atoms with Gasteiger partial charge in [-0.15, -0.1) is 0 Å². The maximum atomic E-state index is 13.1. The Labute approximate surface area is 222 Å². The monoisotopic (exact) mass is 525 g/mol. The van der Waals surface area contributed by atoms with Gasteiger partial charge in [0.25, 0.3) is 0 Å². The number of fused-ring (bicyclic) bond motifs is 9. The van der Waals surface area contributed by atoms with Gasteiger partial charge >= 0.3 is 0 Å². The van der Waals surface area contributed by atoms with E-state index in [9.17, 15) is 24.6 Å². The van der Waals surface area contributed by atoms with Crippen molar-refractivity contribution in [2.45, 2.75) is 44.4 Å². The first-order chi connectivity index (χ1) is 18.4. The number of aliphatic hydroxyl groups excluding tert-OH is 2. The number of aryl methyl sites for hydroxylation is 1. The van der Waals surface area contributed by atoms with E-state index in [0.29, 0.717) is 37.3 Å². The highest BCUT2D eigenvalue weighted by atomic mass is 16.5. The number of amides is 3. The predicted octanol–water partition coefficient (Wildman–Crippen LogP) is 1.23. The van der Waals surface area contributed by atoms with E-state index in [4.69, 9.17) is 9.47 Å². The van der Waals surface area contributed by atoms with Gasteiger partial charge in [0, 0.05) is 32.7 Å². The Balaban J connectivity index is 1.58. The van der Waals surface area contributed by atoms with Crippen LogP contribution < -0.4 is 10.1 Å². The third kappa shape index (κ3) is 7.53. The first-order valence-electron chi connectivity index (χ1n) is 13.0. The highest BCUT2D eigenvalue weighted by molar-refractivity contribution is 5.85. The van der Waals surface area contributed by atoms with Gasteiger partial charge in [0.1, 0.15) is 18.1 Å². The summed E-state index contributed by atoms with van der Waals surface area (Å²) in [6, 6.07) is 14.6. The Morgan fingerprint density at radius 3 is 2.61 bits per heavy atom. The molecule has 3 amide bonds. The summed E-state index contributed by atoms with van der Waals surface area (Å²) in [6.45, 7) is 0.264. The number of hydrogen-bond acceptors (Lipinski definition) is 7. The van der Waals surface area contributed by atoms with E-state index in [1.54, 1.807) is 0 Å². The lowest BCUT2D eigenvalue weighted by Crippen LogP contribution is -2.58. The summed E-state index contributed by atoms with van der Waals surface area (Å²) in [5.74, 6) is 0.378. The van der Waals surface area contributed by atoms with Crippen LogP contribution in [0, 0.1) is 0 Å². The minimum Gasteiger partial charge on any atom is -0.457 e. The quantitative estimate of drug-likeness (QED) is 0.548. The molecule has 10 heteroatoms. The summed E-state index contributed by atoms with van der Waals surface area (Å²) in [4.78, 5) is 41.2. The van der Waals surface area contributed by atoms with Crippen molar-refractivity contribution in [1.82, 2.24) is 15.1 Å². The van der Waals surface area contributed by atoms with Crippen LogP contribution in [-0.2, 0) is 32.1 Å². The van der Waals surface area contributed by atoms with Gasteiger partial charge in [-0.25, -0.2) is 0 Å². The number of aliphatic hydroxyl groups is 2. The average molecular weight is 526 g/mol. The van der Waals surface area contributed by atoms with Gasteiger partial charge < -0.3 is 34.8 Å². The predicted molar refractivity (Wildman–Crippen MR) is 138 cm³/mol. The van der Waals surface area contributed by atoms with Gasteiger partial charge in [0.15, 0.2) is 0 Å². The van der Waals surface area contributed by atoms with Gasteiger partial charge in [-0.3, -0.25) is 14.4 Å². The standard InChI is InChI=1S/C28H35N3O7/c32-14-2-12-30-17-26(34)29-24-16-31(28(36)18-33)13-11-25(24)37-19-21-3-1-4-23(15-21)38-22-8-5-20(6-9-22)7-10-27(30)35/h1,3-6,8-9,15,24-25,32-33H,2,7,10-14,16-19H2,(H,29,34)/t24-,25-/m0/s1. The number of carbonyl (C=O) groups excluding carboxylic acids is 3. The number of piperidine rings is 1. The van der Waals surface area contributed by atoms with Crippen LogP contribution in [0.5, 0.6) is 11.5 Å². The molecule has 5 rings (SSSR count). The van der Waals surface area contributed by atoms with E-state index in [1.807, 2.05) is 48.5 Å². The Bertz CT molecular complexity index is 1110. The lowest BCUT2D eigenvalue weighted by atomic mass is 10.0. The molecule has 3 aliphatic heterocycles. The molecule has 0 unspecified atom stereocenters. The second-order valence-corrected chi connectivity index (χ2v) is 9.60. The second kappa shape index (κ2) is 13.4. The number of nitrogens with zero attached hydrogens (tertiary/aromatic N) is 2. The summed E-state index contributed by atoms with van der Waals surface area (Å²) in [5, 5.41) is 21.6. The highest BCUT2D eigenvalue weighted by Crippen LogP contribution is 2.24. The first-order valence-corrected chi connectivity index (χ1v) is 13.0. The van der Waals surface area contributed by atoms with Crippen molar-refractivity contribution in [2.24, 2.45) is 0 Å². The molecule has 0 aliphatic carbocycles. The molecule has 0 saturated carbocycles. The SMILES string of the molecule is O=C1CN(CCCO)C(=O)CCc2ccc(cc2)Oc2cccc(c2)CO[C@H]2CCN(C(=O)CO)C[C@@H]2N1. The lowest BCUT2D eigenvalue weighted by molar-refractivity contribution is -0.141. The number of rotatable bonds is 4. The molecule has 38 heavy (non-hydrogen) atoms. The van der Waals surface area contributed by atoms with Crippen molar-refractivity contribution in [2.75, 3.05) is 39.4 Å². The fourth-order valence-electron chi connectivity index (χ4n) is 4.75. The number of hydrogen-bond donors (Lipinski definition) is 3. The normalized spacial score (nSPS) is 21.0. The topological polar surface area (TPSA) is 129 Å². The zero-order valence-electron chi connectivity index (χ0n) is 21.4. The van der Waals surface area contributed by atoms with E-state index < -0.39 is 18.6 Å². The molecule has 3 heterocycles. The molecule has 1 fully saturated rings. The second-order valence-electron chi connectivity index (χ2n) is 9.60. The Morgan fingerprint density at radius 1 is 1.03 bits per heavy atom. The molecule has 1 saturated heterocycles. The van der Waals surface area contributed by atoms with Crippen molar-refractivity contribution >= 4 is 17.7 Å². The van der Waals surface area contributed by atoms with Crippen LogP contribution in [0.4, 0.5) is 0 Å². The molecule has 3 N–H and O–H groups in total. The largest absolute Gasteiger partial charge is 0.457 e. The number of benzene rings is 2. The van der Waals surface area contributed by atoms with E-state index in [-0.39, 0.29) is 57.2 Å². The Hall–Kier alpha value is -3.47. The molecule has 0 radical (unpaired) electrons. The summed E-state index contributed by atoms with van der Waals surface area (Å²) in [7, 11) is 0. The third-order valence-electron chi connectivity index (χ3n) is 6.81. The molecule has 0 aromatic heterocycles. The Morgan fingerprint density at radius 2 is 1.84 bits per heavy atom. The Kier molecular flexibility index (Phi) is 9.69. The number of ether oxygens (including phenoxy) is 2. The van der Waals surface area contributed by atoms with E-state index >= 15 is 0 Å². The van der Waals surface area contributed by atoms with Gasteiger partial charge in [0.05, 0.1) is 25.3 Å². The zero-order valence-corrected chi connectivity index (χ0v) is 21.4. The summed E-state index contributed by atoms with van der Waals surface area (Å²) in [5.41, 5.74) is 1.87. The molecule has 10 nitrogen and oxygen atoms in total. The molecule has 204 valence electrons. The van der Waals surface area contributed by atoms with Gasteiger partial charge in [-0.1, -0.05) is 24.3 Å². The van der Waals surface area contributed by atoms with Crippen molar-refractivity contribution in [3.05, 3.63) is 59.7 Å². The van der Waals surface area contributed by atoms with Crippen LogP contribution in [-0.4, -0.2) is 89.3 Å². The lowest BCUT2D eigenvalue weighted by Gasteiger charge is -2.39. The fourth-order valence-corrected chi connectivity index (χ4v) is 4.75. The molecule has 3 aliphatic rings. The first kappa shape index (κ1) is 27.6. The van der Waals surface area contributed by atoms with Crippen LogP contribution in [0.15, 0.2) is 48.5 Å². The molecule has 4 bridgehead atoms. The highest BCUT2D eigenvalue weighted by Gasteiger charge is 2.33. The van der Waals surface area contributed by atoms with Crippen molar-refractivity contribution in [1.29, 1.82) is 0 Å². The smallest absolute Gasteiger partial charge is 0.248 e. The molecule has 2 atom stereocenters. The summed E-state index contributed by atoms with van der Waals surface area (Å²) in [6.07, 6.45) is 1.18. The van der Waals surface area contributed by atoms with Crippen LogP contribution >= 0.6 is 0 Å². The van der Waals surface area contributed by atoms with Crippen LogP contribution in [0.1, 0.15) is 30.4 Å². The van der Waals surface area contributed by atoms with Crippen LogP contribution in [0.3, 0.4) is 0 Å². The van der Waals surface area contributed by atoms with E-state index in [2.05, 4.69) is 5.32 Å². The van der Waals surface area contributed by atoms with Crippen LogP contribution in [0.2, 0.25) is 0 Å². The molecule has 2 aromatic rings. The van der Waals surface area contributed by atoms with Crippen LogP contribution in [0.25, 0.3) is 0 Å². The van der Waals surface area contributed by atoms with Crippen molar-refractivity contribution in [3.63, 3.8) is 0 Å². The molecule has 0 spiro atoms. The van der Waals surface area contributed by atoms with E-state index in [1.165, 1.54) is 9.80 Å². The maximum absolute atomic E-state index is 13.1. The number of nitrogens with one attached hydrogen (secondary N) is 1. The minimum atomic E-state index is -0.607. The maximum Gasteiger partial charge on any atom is 0.248 e. The van der Waals surface area contributed by atoms with Crippen molar-refractivity contribution < 1.29 is 34.1 Å². The molecular formula is C28H35N3O7. The zero-order chi connectivity index (χ0) is 26.9. The summed E-state index contributed by atoms with van der Waals surface area (Å²) < 4.78 is 12.2. The van der Waals surface area contributed by atoms with E-state index in [0.717, 1.165) is 11.1 Å².